The number of aromatic hydroxyl groups is 1. The van der Waals surface area contributed by atoms with Crippen LogP contribution >= 0.6 is 22.6 Å². The predicted molar refractivity (Wildman–Crippen MR) is 90.1 cm³/mol. The smallest absolute Gasteiger partial charge is 0.408 e. The van der Waals surface area contributed by atoms with Crippen LogP contribution in [0.4, 0.5) is 4.79 Å². The van der Waals surface area contributed by atoms with Gasteiger partial charge in [-0.25, -0.2) is 9.59 Å². The number of aliphatic carboxylic acids is 1. The first-order chi connectivity index (χ1) is 9.99. The second-order valence-corrected chi connectivity index (χ2v) is 7.13. The largest absolute Gasteiger partial charge is 0.508 e. The number of phenolic OH excluding ortho intramolecular Hbond substituents is 1. The third kappa shape index (κ3) is 5.70. The summed E-state index contributed by atoms with van der Waals surface area (Å²) in [5.74, 6) is -1.18. The molecule has 7 heteroatoms. The number of alkyl carbamates (subject to hydrolysis) is 1. The average molecular weight is 421 g/mol. The van der Waals surface area contributed by atoms with E-state index in [2.05, 4.69) is 27.9 Å². The van der Waals surface area contributed by atoms with Crippen molar-refractivity contribution >= 4 is 34.7 Å². The van der Waals surface area contributed by atoms with E-state index in [1.807, 2.05) is 6.92 Å². The Bertz CT molecular complexity index is 580. The number of hydrogen-bond donors (Lipinski definition) is 3. The maximum Gasteiger partial charge on any atom is 0.408 e. The molecule has 6 nitrogen and oxygen atoms in total. The molecule has 1 aromatic carbocycles. The van der Waals surface area contributed by atoms with E-state index in [1.165, 1.54) is 0 Å². The summed E-state index contributed by atoms with van der Waals surface area (Å²) in [5, 5.41) is 21.5. The van der Waals surface area contributed by atoms with Crippen LogP contribution in [0.5, 0.6) is 5.75 Å². The van der Waals surface area contributed by atoms with Gasteiger partial charge in [0.15, 0.2) is 0 Å². The van der Waals surface area contributed by atoms with Crippen LogP contribution in [0.15, 0.2) is 12.1 Å². The standard InChI is InChI=1S/C15H20INO5/c1-8-5-12(18)9(6-10(8)16)7-11(13(19)20)17-14(21)22-15(2,3)4/h5-6,11,18H,7H2,1-4H3,(H,17,21)(H,19,20). The number of halogens is 1. The van der Waals surface area contributed by atoms with Gasteiger partial charge in [0.2, 0.25) is 0 Å². The molecule has 0 saturated heterocycles. The fourth-order valence-electron chi connectivity index (χ4n) is 1.74. The number of aryl methyl sites for hydroxylation is 1. The lowest BCUT2D eigenvalue weighted by molar-refractivity contribution is -0.139. The topological polar surface area (TPSA) is 95.9 Å². The number of carbonyl (C=O) groups is 2. The highest BCUT2D eigenvalue weighted by Crippen LogP contribution is 2.24. The second kappa shape index (κ2) is 7.17. The summed E-state index contributed by atoms with van der Waals surface area (Å²) in [6, 6.07) is 2.10. The van der Waals surface area contributed by atoms with Gasteiger partial charge in [-0.3, -0.25) is 0 Å². The number of amides is 1. The van der Waals surface area contributed by atoms with Crippen molar-refractivity contribution in [2.45, 2.75) is 45.8 Å². The molecule has 0 fully saturated rings. The van der Waals surface area contributed by atoms with E-state index >= 15 is 0 Å². The summed E-state index contributed by atoms with van der Waals surface area (Å²) in [6.45, 7) is 6.92. The number of benzene rings is 1. The fraction of sp³-hybridized carbons (Fsp3) is 0.467. The van der Waals surface area contributed by atoms with Crippen molar-refractivity contribution in [1.29, 1.82) is 0 Å². The number of carboxylic acids is 1. The van der Waals surface area contributed by atoms with Crippen LogP contribution in [0.2, 0.25) is 0 Å². The molecule has 0 bridgehead atoms. The highest BCUT2D eigenvalue weighted by atomic mass is 127. The first-order valence-corrected chi connectivity index (χ1v) is 7.78. The molecule has 0 aromatic heterocycles. The Morgan fingerprint density at radius 3 is 2.45 bits per heavy atom. The Labute approximate surface area is 143 Å². The van der Waals surface area contributed by atoms with Gasteiger partial charge in [0.1, 0.15) is 17.4 Å². The van der Waals surface area contributed by atoms with E-state index in [1.54, 1.807) is 32.9 Å². The highest BCUT2D eigenvalue weighted by Gasteiger charge is 2.25. The van der Waals surface area contributed by atoms with E-state index in [-0.39, 0.29) is 12.2 Å². The van der Waals surface area contributed by atoms with Gasteiger partial charge in [-0.05, 0) is 73.5 Å². The Kier molecular flexibility index (Phi) is 6.04. The number of carbonyl (C=O) groups excluding carboxylic acids is 1. The van der Waals surface area contributed by atoms with Crippen molar-refractivity contribution in [2.24, 2.45) is 0 Å². The summed E-state index contributed by atoms with van der Waals surface area (Å²) in [5.41, 5.74) is 0.640. The summed E-state index contributed by atoms with van der Waals surface area (Å²) >= 11 is 2.10. The summed E-state index contributed by atoms with van der Waals surface area (Å²) in [7, 11) is 0. The molecule has 0 heterocycles. The minimum atomic E-state index is -1.19. The van der Waals surface area contributed by atoms with Gasteiger partial charge in [0, 0.05) is 9.99 Å². The minimum absolute atomic E-state index is 0.00940. The lowest BCUT2D eigenvalue weighted by Crippen LogP contribution is -2.44. The monoisotopic (exact) mass is 421 g/mol. The van der Waals surface area contributed by atoms with Gasteiger partial charge in [0.05, 0.1) is 0 Å². The molecule has 1 aromatic rings. The average Bonchev–Trinajstić information content (AvgIpc) is 2.32. The zero-order valence-electron chi connectivity index (χ0n) is 12.9. The summed E-state index contributed by atoms with van der Waals surface area (Å²) in [4.78, 5) is 23.0. The van der Waals surface area contributed by atoms with Gasteiger partial charge >= 0.3 is 12.1 Å². The van der Waals surface area contributed by atoms with Crippen LogP contribution in [-0.4, -0.2) is 33.9 Å². The molecule has 0 aliphatic heterocycles. The Balaban J connectivity index is 2.88. The lowest BCUT2D eigenvalue weighted by Gasteiger charge is -2.22. The molecule has 3 N–H and O–H groups in total. The minimum Gasteiger partial charge on any atom is -0.508 e. The molecule has 0 saturated carbocycles. The number of nitrogens with one attached hydrogen (secondary N) is 1. The van der Waals surface area contributed by atoms with Crippen molar-refractivity contribution in [1.82, 2.24) is 5.32 Å². The van der Waals surface area contributed by atoms with Crippen LogP contribution in [-0.2, 0) is 16.0 Å². The molecule has 0 aliphatic rings. The molecule has 22 heavy (non-hydrogen) atoms. The molecule has 0 radical (unpaired) electrons. The lowest BCUT2D eigenvalue weighted by atomic mass is 10.0. The van der Waals surface area contributed by atoms with Crippen LogP contribution in [0.3, 0.4) is 0 Å². The Morgan fingerprint density at radius 2 is 1.95 bits per heavy atom. The molecular formula is C15H20INO5. The van der Waals surface area contributed by atoms with Gasteiger partial charge in [-0.2, -0.15) is 0 Å². The number of rotatable bonds is 4. The molecule has 1 atom stereocenters. The van der Waals surface area contributed by atoms with E-state index in [9.17, 15) is 19.8 Å². The van der Waals surface area contributed by atoms with Crippen LogP contribution < -0.4 is 5.32 Å². The molecule has 1 rings (SSSR count). The van der Waals surface area contributed by atoms with Gasteiger partial charge in [-0.1, -0.05) is 0 Å². The molecule has 0 spiro atoms. The number of ether oxygens (including phenoxy) is 1. The third-order valence-corrected chi connectivity index (χ3v) is 3.94. The van der Waals surface area contributed by atoms with Gasteiger partial charge in [0.25, 0.3) is 0 Å². The first kappa shape index (κ1) is 18.5. The normalized spacial score (nSPS) is 12.6. The molecular weight excluding hydrogens is 401 g/mol. The zero-order valence-corrected chi connectivity index (χ0v) is 15.1. The Hall–Kier alpha value is -1.51. The SMILES string of the molecule is Cc1cc(O)c(CC(NC(=O)OC(C)(C)C)C(=O)O)cc1I. The Morgan fingerprint density at radius 1 is 1.36 bits per heavy atom. The van der Waals surface area contributed by atoms with Crippen molar-refractivity contribution in [3.63, 3.8) is 0 Å². The van der Waals surface area contributed by atoms with Crippen molar-refractivity contribution in [2.75, 3.05) is 0 Å². The first-order valence-electron chi connectivity index (χ1n) is 6.70. The molecule has 122 valence electrons. The summed E-state index contributed by atoms with van der Waals surface area (Å²) < 4.78 is 5.96. The maximum atomic E-state index is 11.7. The summed E-state index contributed by atoms with van der Waals surface area (Å²) in [6.07, 6.45) is -0.836. The van der Waals surface area contributed by atoms with Crippen LogP contribution in [0.1, 0.15) is 31.9 Å². The van der Waals surface area contributed by atoms with Gasteiger partial charge < -0.3 is 20.3 Å². The van der Waals surface area contributed by atoms with Crippen molar-refractivity contribution < 1.29 is 24.5 Å². The van der Waals surface area contributed by atoms with E-state index in [0.29, 0.717) is 5.56 Å². The zero-order chi connectivity index (χ0) is 17.1. The molecule has 0 aliphatic carbocycles. The molecule has 1 unspecified atom stereocenters. The fourth-order valence-corrected chi connectivity index (χ4v) is 2.27. The quantitative estimate of drug-likeness (QED) is 0.650. The van der Waals surface area contributed by atoms with Crippen molar-refractivity contribution in [3.8, 4) is 5.75 Å². The van der Waals surface area contributed by atoms with Crippen LogP contribution in [0.25, 0.3) is 0 Å². The van der Waals surface area contributed by atoms with Crippen molar-refractivity contribution in [3.05, 3.63) is 26.8 Å². The second-order valence-electron chi connectivity index (χ2n) is 5.97. The number of phenols is 1. The highest BCUT2D eigenvalue weighted by molar-refractivity contribution is 14.1. The third-order valence-electron chi connectivity index (χ3n) is 2.77. The number of carboxylic acid groups (broad SMARTS) is 1. The van der Waals surface area contributed by atoms with Gasteiger partial charge in [-0.15, -0.1) is 0 Å². The van der Waals surface area contributed by atoms with E-state index < -0.39 is 23.7 Å². The van der Waals surface area contributed by atoms with E-state index in [0.717, 1.165) is 9.13 Å². The maximum absolute atomic E-state index is 11.7. The predicted octanol–water partition coefficient (Wildman–Crippen LogP) is 2.83. The van der Waals surface area contributed by atoms with Crippen LogP contribution in [0, 0.1) is 10.5 Å². The van der Waals surface area contributed by atoms with E-state index in [4.69, 9.17) is 4.74 Å². The number of hydrogen-bond acceptors (Lipinski definition) is 4. The molecule has 1 amide bonds.